The minimum absolute atomic E-state index is 0.127. The molecule has 0 bridgehead atoms. The molecule has 0 atom stereocenters. The molecule has 0 spiro atoms. The number of aromatic nitrogens is 1. The van der Waals surface area contributed by atoms with Gasteiger partial charge in [0, 0.05) is 34.1 Å². The van der Waals surface area contributed by atoms with Crippen molar-refractivity contribution >= 4 is 34.9 Å². The number of carbonyl (C=O) groups excluding carboxylic acids is 2. The number of pyridine rings is 1. The highest BCUT2D eigenvalue weighted by Crippen LogP contribution is 2.36. The number of nitrogens with one attached hydrogen (secondary N) is 3. The normalized spacial score (nSPS) is 12.7. The van der Waals surface area contributed by atoms with Gasteiger partial charge in [0.15, 0.2) is 0 Å². The molecule has 1 heterocycles. The highest BCUT2D eigenvalue weighted by atomic mass is 35.5. The lowest BCUT2D eigenvalue weighted by Gasteiger charge is -2.15. The van der Waals surface area contributed by atoms with Gasteiger partial charge in [0.25, 0.3) is 5.91 Å². The number of rotatable bonds is 5. The topological polar surface area (TPSA) is 92.4 Å². The van der Waals surface area contributed by atoms with Crippen molar-refractivity contribution in [3.8, 4) is 11.5 Å². The van der Waals surface area contributed by atoms with E-state index < -0.39 is 36.3 Å². The number of ether oxygens (including phenoxy) is 1. The number of hydrogen-bond acceptors (Lipinski definition) is 4. The molecule has 7 nitrogen and oxygen atoms in total. The van der Waals surface area contributed by atoms with Gasteiger partial charge in [-0.15, -0.1) is 0 Å². The van der Waals surface area contributed by atoms with Crippen LogP contribution in [0.25, 0.3) is 0 Å². The van der Waals surface area contributed by atoms with E-state index in [9.17, 15) is 22.8 Å². The fourth-order valence-electron chi connectivity index (χ4n) is 2.55. The Morgan fingerprint density at radius 2 is 1.78 bits per heavy atom. The number of halogens is 4. The Morgan fingerprint density at radius 1 is 1.03 bits per heavy atom. The van der Waals surface area contributed by atoms with Crippen LogP contribution in [0.1, 0.15) is 20.2 Å². The minimum Gasteiger partial charge on any atom is -0.457 e. The number of benzene rings is 2. The zero-order valence-corrected chi connectivity index (χ0v) is 16.7. The van der Waals surface area contributed by atoms with Crippen LogP contribution in [0.2, 0.25) is 5.02 Å². The second-order valence-corrected chi connectivity index (χ2v) is 6.66. The summed E-state index contributed by atoms with van der Waals surface area (Å²) in [5.41, 5.74) is -1.47. The molecular formula is C21H16ClF3N4O3. The molecule has 0 aliphatic rings. The Labute approximate surface area is 189 Å². The van der Waals surface area contributed by atoms with E-state index in [2.05, 4.69) is 15.6 Å². The van der Waals surface area contributed by atoms with E-state index in [1.54, 1.807) is 0 Å². The maximum Gasteiger partial charge on any atom is 0.418 e. The molecule has 166 valence electrons. The molecule has 11 heteroatoms. The van der Waals surface area contributed by atoms with Crippen molar-refractivity contribution in [2.24, 2.45) is 0 Å². The van der Waals surface area contributed by atoms with Crippen molar-refractivity contribution in [1.82, 2.24) is 10.3 Å². The first-order valence-electron chi connectivity index (χ1n) is 10.3. The van der Waals surface area contributed by atoms with E-state index >= 15 is 0 Å². The van der Waals surface area contributed by atoms with Gasteiger partial charge >= 0.3 is 12.2 Å². The smallest absolute Gasteiger partial charge is 0.418 e. The van der Waals surface area contributed by atoms with Crippen LogP contribution in [0.4, 0.5) is 29.3 Å². The van der Waals surface area contributed by atoms with Crippen molar-refractivity contribution in [2.75, 3.05) is 17.6 Å². The quantitative estimate of drug-likeness (QED) is 0.458. The Kier molecular flexibility index (Phi) is 5.66. The van der Waals surface area contributed by atoms with Gasteiger partial charge in [0.05, 0.1) is 11.3 Å². The average Bonchev–Trinajstić information content (AvgIpc) is 2.75. The standard InChI is InChI=1S/C21H16ClF3N4O3/c1-26-19(30)18-11-15(8-9-27-18)32-14-5-3-13(4-6-14)28-20(31)29-17-7-2-12(22)10-16(17)21(23,24)25/h2-11H,1H3,(H,26,30)(H2,28,29,31)/i1D3. The monoisotopic (exact) mass is 467 g/mol. The second kappa shape index (κ2) is 9.56. The molecule has 1 aromatic heterocycles. The second-order valence-electron chi connectivity index (χ2n) is 6.22. The van der Waals surface area contributed by atoms with Crippen molar-refractivity contribution in [1.29, 1.82) is 0 Å². The molecular weight excluding hydrogens is 449 g/mol. The summed E-state index contributed by atoms with van der Waals surface area (Å²) in [7, 11) is 0. The fraction of sp³-hybridized carbons (Fsp3) is 0.0952. The molecule has 0 radical (unpaired) electrons. The summed E-state index contributed by atoms with van der Waals surface area (Å²) in [6.07, 6.45) is -3.46. The Balaban J connectivity index is 1.64. The first kappa shape index (κ1) is 18.9. The molecule has 3 aromatic rings. The zero-order valence-electron chi connectivity index (χ0n) is 19.0. The van der Waals surface area contributed by atoms with E-state index in [0.29, 0.717) is 11.8 Å². The predicted molar refractivity (Wildman–Crippen MR) is 113 cm³/mol. The van der Waals surface area contributed by atoms with Crippen molar-refractivity contribution in [3.05, 3.63) is 77.1 Å². The van der Waals surface area contributed by atoms with Crippen molar-refractivity contribution in [2.45, 2.75) is 6.18 Å². The molecule has 3 amide bonds. The molecule has 2 aromatic carbocycles. The number of amides is 3. The van der Waals surface area contributed by atoms with E-state index in [4.69, 9.17) is 20.5 Å². The largest absolute Gasteiger partial charge is 0.457 e. The highest BCUT2D eigenvalue weighted by molar-refractivity contribution is 6.30. The Bertz CT molecular complexity index is 1240. The van der Waals surface area contributed by atoms with Crippen LogP contribution < -0.4 is 20.7 Å². The highest BCUT2D eigenvalue weighted by Gasteiger charge is 2.34. The third-order valence-corrected chi connectivity index (χ3v) is 4.20. The van der Waals surface area contributed by atoms with E-state index in [-0.39, 0.29) is 22.2 Å². The van der Waals surface area contributed by atoms with Crippen molar-refractivity contribution in [3.63, 3.8) is 0 Å². The van der Waals surface area contributed by atoms with Gasteiger partial charge in [-0.3, -0.25) is 9.78 Å². The van der Waals surface area contributed by atoms with Crippen LogP contribution in [0, 0.1) is 0 Å². The third-order valence-electron chi connectivity index (χ3n) is 3.96. The lowest BCUT2D eigenvalue weighted by molar-refractivity contribution is -0.136. The van der Waals surface area contributed by atoms with Crippen LogP contribution in [-0.4, -0.2) is 23.9 Å². The van der Waals surface area contributed by atoms with Gasteiger partial charge in [-0.1, -0.05) is 11.6 Å². The number of carbonyl (C=O) groups is 2. The molecule has 0 unspecified atom stereocenters. The lowest BCUT2D eigenvalue weighted by atomic mass is 10.1. The lowest BCUT2D eigenvalue weighted by Crippen LogP contribution is -2.21. The first-order chi connectivity index (χ1) is 16.3. The predicted octanol–water partition coefficient (Wildman–Crippen LogP) is 5.55. The molecule has 3 rings (SSSR count). The average molecular weight is 468 g/mol. The maximum absolute atomic E-state index is 13.2. The number of hydrogen-bond donors (Lipinski definition) is 3. The Hall–Kier alpha value is -3.79. The summed E-state index contributed by atoms with van der Waals surface area (Å²) < 4.78 is 66.3. The molecule has 0 saturated carbocycles. The Morgan fingerprint density at radius 3 is 2.47 bits per heavy atom. The van der Waals surface area contributed by atoms with E-state index in [1.165, 1.54) is 48.7 Å². The van der Waals surface area contributed by atoms with Gasteiger partial charge < -0.3 is 20.7 Å². The molecule has 3 N–H and O–H groups in total. The summed E-state index contributed by atoms with van der Waals surface area (Å²) in [5, 5.41) is 6.22. The molecule has 0 saturated heterocycles. The van der Waals surface area contributed by atoms with Gasteiger partial charge in [-0.2, -0.15) is 13.2 Å². The summed E-state index contributed by atoms with van der Waals surface area (Å²) >= 11 is 5.63. The summed E-state index contributed by atoms with van der Waals surface area (Å²) in [5.74, 6) is -0.423. The molecule has 0 aliphatic heterocycles. The number of urea groups is 1. The molecule has 32 heavy (non-hydrogen) atoms. The minimum atomic E-state index is -4.72. The van der Waals surface area contributed by atoms with Gasteiger partial charge in [-0.25, -0.2) is 4.79 Å². The number of anilines is 2. The van der Waals surface area contributed by atoms with E-state index in [0.717, 1.165) is 6.07 Å². The maximum atomic E-state index is 13.2. The van der Waals surface area contributed by atoms with Crippen LogP contribution in [0.15, 0.2) is 60.8 Å². The molecule has 0 aliphatic carbocycles. The number of alkyl halides is 3. The summed E-state index contributed by atoms with van der Waals surface area (Å²) in [6.45, 7) is -2.67. The van der Waals surface area contributed by atoms with E-state index in [1.807, 2.05) is 5.32 Å². The summed E-state index contributed by atoms with van der Waals surface area (Å²) in [4.78, 5) is 27.9. The van der Waals surface area contributed by atoms with Gasteiger partial charge in [0.1, 0.15) is 17.2 Å². The van der Waals surface area contributed by atoms with Crippen LogP contribution >= 0.6 is 11.6 Å². The van der Waals surface area contributed by atoms with Crippen LogP contribution in [0.3, 0.4) is 0 Å². The van der Waals surface area contributed by atoms with Gasteiger partial charge in [0.2, 0.25) is 0 Å². The van der Waals surface area contributed by atoms with Crippen molar-refractivity contribution < 1.29 is 31.6 Å². The third kappa shape index (κ3) is 5.88. The van der Waals surface area contributed by atoms with Crippen LogP contribution in [0.5, 0.6) is 11.5 Å². The van der Waals surface area contributed by atoms with Gasteiger partial charge in [-0.05, 0) is 48.5 Å². The first-order valence-corrected chi connectivity index (χ1v) is 9.19. The SMILES string of the molecule is [2H]C([2H])([2H])NC(=O)c1cc(Oc2ccc(NC(=O)Nc3ccc(Cl)cc3C(F)(F)F)cc2)ccn1. The zero-order chi connectivity index (χ0) is 25.8. The number of nitrogens with zero attached hydrogens (tertiary/aromatic N) is 1. The molecule has 0 fully saturated rings. The summed E-state index contributed by atoms with van der Waals surface area (Å²) in [6, 6.07) is 10.5. The fourth-order valence-corrected chi connectivity index (χ4v) is 2.72. The van der Waals surface area contributed by atoms with Crippen LogP contribution in [-0.2, 0) is 6.18 Å².